The number of carboxylic acids is 1. The summed E-state index contributed by atoms with van der Waals surface area (Å²) < 4.78 is 0. The molecule has 5 nitrogen and oxygen atoms in total. The highest BCUT2D eigenvalue weighted by Crippen LogP contribution is 2.18. The number of hydrogen-bond acceptors (Lipinski definition) is 2. The van der Waals surface area contributed by atoms with Crippen LogP contribution in [0.25, 0.3) is 0 Å². The first kappa shape index (κ1) is 15.5. The van der Waals surface area contributed by atoms with E-state index in [0.717, 1.165) is 5.56 Å². The predicted octanol–water partition coefficient (Wildman–Crippen LogP) is 2.90. The van der Waals surface area contributed by atoms with Gasteiger partial charge < -0.3 is 15.3 Å². The molecule has 2 amide bonds. The molecule has 0 radical (unpaired) electrons. The third-order valence-electron chi connectivity index (χ3n) is 2.63. The van der Waals surface area contributed by atoms with Gasteiger partial charge in [0.15, 0.2) is 0 Å². The summed E-state index contributed by atoms with van der Waals surface area (Å²) in [5.41, 5.74) is 1.15. The Morgan fingerprint density at radius 3 is 2.40 bits per heavy atom. The summed E-state index contributed by atoms with van der Waals surface area (Å²) >= 11 is 0. The molecule has 0 saturated heterocycles. The van der Waals surface area contributed by atoms with Crippen LogP contribution in [0, 0.1) is 6.92 Å². The maximum absolute atomic E-state index is 12.1. The standard InChI is InChI=1S/C15H18N2O3/c1-4-8-17(9-5-2)15(20)16-13-7-6-11(3)10-12(13)14(18)19/h4-7,10H,1-2,8-9H2,3H3,(H,16,20)(H,18,19). The number of benzene rings is 1. The van der Waals surface area contributed by atoms with Gasteiger partial charge in [-0.2, -0.15) is 0 Å². The minimum absolute atomic E-state index is 0.0653. The van der Waals surface area contributed by atoms with Gasteiger partial charge >= 0.3 is 12.0 Å². The number of nitrogens with one attached hydrogen (secondary N) is 1. The van der Waals surface area contributed by atoms with Gasteiger partial charge in [-0.3, -0.25) is 0 Å². The molecular weight excluding hydrogens is 256 g/mol. The lowest BCUT2D eigenvalue weighted by atomic mass is 10.1. The first-order chi connectivity index (χ1) is 9.49. The highest BCUT2D eigenvalue weighted by atomic mass is 16.4. The molecule has 0 aliphatic heterocycles. The van der Waals surface area contributed by atoms with E-state index in [4.69, 9.17) is 5.11 Å². The van der Waals surface area contributed by atoms with Crippen LogP contribution in [-0.2, 0) is 0 Å². The van der Waals surface area contributed by atoms with E-state index in [9.17, 15) is 9.59 Å². The molecule has 0 heterocycles. The summed E-state index contributed by atoms with van der Waals surface area (Å²) in [5, 5.41) is 11.8. The molecule has 0 aliphatic carbocycles. The average molecular weight is 274 g/mol. The molecule has 0 spiro atoms. The van der Waals surface area contributed by atoms with Crippen LogP contribution < -0.4 is 5.32 Å². The number of carbonyl (C=O) groups excluding carboxylic acids is 1. The second-order valence-corrected chi connectivity index (χ2v) is 4.27. The summed E-state index contributed by atoms with van der Waals surface area (Å²) in [6.07, 6.45) is 3.19. The normalized spacial score (nSPS) is 9.65. The lowest BCUT2D eigenvalue weighted by molar-refractivity contribution is 0.0698. The monoisotopic (exact) mass is 274 g/mol. The van der Waals surface area contributed by atoms with Crippen LogP contribution in [0.4, 0.5) is 10.5 Å². The summed E-state index contributed by atoms with van der Waals surface area (Å²) in [6.45, 7) is 9.66. The number of carbonyl (C=O) groups is 2. The van der Waals surface area contributed by atoms with Crippen molar-refractivity contribution in [3.63, 3.8) is 0 Å². The molecule has 0 fully saturated rings. The Labute approximate surface area is 118 Å². The van der Waals surface area contributed by atoms with Crippen molar-refractivity contribution in [2.24, 2.45) is 0 Å². The van der Waals surface area contributed by atoms with Crippen LogP contribution >= 0.6 is 0 Å². The molecule has 0 bridgehead atoms. The lowest BCUT2D eigenvalue weighted by Crippen LogP contribution is -2.35. The molecule has 0 aliphatic rings. The number of aryl methyl sites for hydroxylation is 1. The number of rotatable bonds is 6. The first-order valence-corrected chi connectivity index (χ1v) is 6.11. The fraction of sp³-hybridized carbons (Fsp3) is 0.200. The van der Waals surface area contributed by atoms with Gasteiger partial charge in [-0.25, -0.2) is 9.59 Å². The molecule has 0 atom stereocenters. The minimum atomic E-state index is -1.08. The number of carboxylic acid groups (broad SMARTS) is 1. The summed E-state index contributed by atoms with van der Waals surface area (Å²) in [5.74, 6) is -1.08. The summed E-state index contributed by atoms with van der Waals surface area (Å²) in [4.78, 5) is 24.7. The Morgan fingerprint density at radius 2 is 1.90 bits per heavy atom. The second-order valence-electron chi connectivity index (χ2n) is 4.27. The molecular formula is C15H18N2O3. The zero-order valence-electron chi connectivity index (χ0n) is 11.4. The third-order valence-corrected chi connectivity index (χ3v) is 2.63. The Bertz CT molecular complexity index is 528. The van der Waals surface area contributed by atoms with E-state index in [1.54, 1.807) is 31.2 Å². The van der Waals surface area contributed by atoms with Crippen LogP contribution in [0.5, 0.6) is 0 Å². The number of aromatic carboxylic acids is 1. The van der Waals surface area contributed by atoms with Gasteiger partial charge in [0.2, 0.25) is 0 Å². The summed E-state index contributed by atoms with van der Waals surface area (Å²) in [7, 11) is 0. The van der Waals surface area contributed by atoms with E-state index in [1.807, 2.05) is 0 Å². The zero-order valence-corrected chi connectivity index (χ0v) is 11.4. The molecule has 0 saturated carbocycles. The third kappa shape index (κ3) is 3.98. The quantitative estimate of drug-likeness (QED) is 0.784. The molecule has 2 N–H and O–H groups in total. The fourth-order valence-electron chi connectivity index (χ4n) is 1.69. The smallest absolute Gasteiger partial charge is 0.337 e. The molecule has 1 rings (SSSR count). The Kier molecular flexibility index (Phi) is 5.53. The van der Waals surface area contributed by atoms with E-state index in [-0.39, 0.29) is 11.3 Å². The van der Waals surface area contributed by atoms with Gasteiger partial charge in [-0.05, 0) is 19.1 Å². The number of anilines is 1. The second kappa shape index (κ2) is 7.13. The summed E-state index contributed by atoms with van der Waals surface area (Å²) in [6, 6.07) is 4.45. The maximum atomic E-state index is 12.1. The van der Waals surface area contributed by atoms with Gasteiger partial charge in [-0.15, -0.1) is 13.2 Å². The minimum Gasteiger partial charge on any atom is -0.478 e. The highest BCUT2D eigenvalue weighted by molar-refractivity contribution is 6.00. The number of hydrogen-bond donors (Lipinski definition) is 2. The molecule has 20 heavy (non-hydrogen) atoms. The Morgan fingerprint density at radius 1 is 1.30 bits per heavy atom. The van der Waals surface area contributed by atoms with E-state index >= 15 is 0 Å². The molecule has 1 aromatic rings. The Balaban J connectivity index is 2.96. The van der Waals surface area contributed by atoms with Gasteiger partial charge in [-0.1, -0.05) is 23.8 Å². The van der Waals surface area contributed by atoms with Crippen molar-refractivity contribution >= 4 is 17.7 Å². The van der Waals surface area contributed by atoms with Gasteiger partial charge in [0, 0.05) is 13.1 Å². The molecule has 1 aromatic carbocycles. The number of urea groups is 1. The van der Waals surface area contributed by atoms with Crippen LogP contribution in [0.2, 0.25) is 0 Å². The van der Waals surface area contributed by atoms with Crippen molar-refractivity contribution in [2.45, 2.75) is 6.92 Å². The number of amides is 2. The topological polar surface area (TPSA) is 69.6 Å². The van der Waals surface area contributed by atoms with Crippen LogP contribution in [0.1, 0.15) is 15.9 Å². The number of nitrogens with zero attached hydrogens (tertiary/aromatic N) is 1. The molecule has 0 aromatic heterocycles. The van der Waals surface area contributed by atoms with Gasteiger partial charge in [0.1, 0.15) is 0 Å². The average Bonchev–Trinajstić information content (AvgIpc) is 2.40. The van der Waals surface area contributed by atoms with Crippen molar-refractivity contribution in [1.82, 2.24) is 4.90 Å². The largest absolute Gasteiger partial charge is 0.478 e. The van der Waals surface area contributed by atoms with Gasteiger partial charge in [0.25, 0.3) is 0 Å². The maximum Gasteiger partial charge on any atom is 0.337 e. The fourth-order valence-corrected chi connectivity index (χ4v) is 1.69. The van der Waals surface area contributed by atoms with Crippen molar-refractivity contribution in [2.75, 3.05) is 18.4 Å². The van der Waals surface area contributed by atoms with E-state index < -0.39 is 12.0 Å². The highest BCUT2D eigenvalue weighted by Gasteiger charge is 2.15. The van der Waals surface area contributed by atoms with Crippen molar-refractivity contribution in [3.05, 3.63) is 54.6 Å². The molecule has 5 heteroatoms. The Hall–Kier alpha value is -2.56. The van der Waals surface area contributed by atoms with Crippen molar-refractivity contribution in [1.29, 1.82) is 0 Å². The van der Waals surface area contributed by atoms with E-state index in [0.29, 0.717) is 13.1 Å². The first-order valence-electron chi connectivity index (χ1n) is 6.11. The molecule has 0 unspecified atom stereocenters. The van der Waals surface area contributed by atoms with E-state index in [1.165, 1.54) is 11.0 Å². The van der Waals surface area contributed by atoms with Crippen LogP contribution in [-0.4, -0.2) is 35.1 Å². The predicted molar refractivity (Wildman–Crippen MR) is 79.1 cm³/mol. The van der Waals surface area contributed by atoms with Crippen molar-refractivity contribution in [3.8, 4) is 0 Å². The van der Waals surface area contributed by atoms with Crippen molar-refractivity contribution < 1.29 is 14.7 Å². The lowest BCUT2D eigenvalue weighted by Gasteiger charge is -2.20. The van der Waals surface area contributed by atoms with Crippen LogP contribution in [0.3, 0.4) is 0 Å². The van der Waals surface area contributed by atoms with E-state index in [2.05, 4.69) is 18.5 Å². The zero-order chi connectivity index (χ0) is 15.1. The SMILES string of the molecule is C=CCN(CC=C)C(=O)Nc1ccc(C)cc1C(=O)O. The molecule has 106 valence electrons. The van der Waals surface area contributed by atoms with Crippen LogP contribution in [0.15, 0.2) is 43.5 Å². The van der Waals surface area contributed by atoms with Gasteiger partial charge in [0.05, 0.1) is 11.3 Å².